The fourth-order valence-corrected chi connectivity index (χ4v) is 4.06. The van der Waals surface area contributed by atoms with Crippen molar-refractivity contribution in [3.8, 4) is 0 Å². The average Bonchev–Trinajstić information content (AvgIpc) is 2.72. The van der Waals surface area contributed by atoms with E-state index < -0.39 is 0 Å². The van der Waals surface area contributed by atoms with E-state index >= 15 is 0 Å². The third-order valence-corrected chi connectivity index (χ3v) is 5.28. The maximum Gasteiger partial charge on any atom is 0.225 e. The second-order valence-corrected chi connectivity index (χ2v) is 6.71. The van der Waals surface area contributed by atoms with Gasteiger partial charge >= 0.3 is 0 Å². The summed E-state index contributed by atoms with van der Waals surface area (Å²) in [5.41, 5.74) is 2.12. The largest absolute Gasteiger partial charge is 0.325 e. The van der Waals surface area contributed by atoms with Crippen LogP contribution in [0.3, 0.4) is 0 Å². The molecule has 0 fully saturated rings. The number of nitrogens with one attached hydrogen (secondary N) is 1. The van der Waals surface area contributed by atoms with E-state index in [4.69, 9.17) is 0 Å². The van der Waals surface area contributed by atoms with Gasteiger partial charge in [-0.05, 0) is 28.5 Å². The zero-order valence-corrected chi connectivity index (χ0v) is 12.8. The highest BCUT2D eigenvalue weighted by Crippen LogP contribution is 2.43. The van der Waals surface area contributed by atoms with Crippen molar-refractivity contribution in [2.75, 3.05) is 5.32 Å². The van der Waals surface area contributed by atoms with E-state index in [0.29, 0.717) is 6.42 Å². The summed E-state index contributed by atoms with van der Waals surface area (Å²) in [6.07, 6.45) is 0.498. The van der Waals surface area contributed by atoms with E-state index in [-0.39, 0.29) is 11.2 Å². The zero-order valence-electron chi connectivity index (χ0n) is 12.0. The van der Waals surface area contributed by atoms with Gasteiger partial charge in [0.2, 0.25) is 5.91 Å². The van der Waals surface area contributed by atoms with Gasteiger partial charge < -0.3 is 5.32 Å². The summed E-state index contributed by atoms with van der Waals surface area (Å²) in [4.78, 5) is 13.3. The highest BCUT2D eigenvalue weighted by atomic mass is 32.2. The van der Waals surface area contributed by atoms with Crippen LogP contribution in [-0.4, -0.2) is 5.91 Å². The Labute approximate surface area is 133 Å². The third kappa shape index (κ3) is 2.48. The number of carbonyl (C=O) groups is 1. The fraction of sp³-hybridized carbons (Fsp3) is 0.105. The van der Waals surface area contributed by atoms with Crippen LogP contribution in [0.2, 0.25) is 0 Å². The van der Waals surface area contributed by atoms with Crippen molar-refractivity contribution in [2.45, 2.75) is 16.6 Å². The van der Waals surface area contributed by atoms with E-state index in [1.807, 2.05) is 30.3 Å². The van der Waals surface area contributed by atoms with E-state index in [2.05, 4.69) is 41.7 Å². The number of hydrogen-bond acceptors (Lipinski definition) is 2. The van der Waals surface area contributed by atoms with Gasteiger partial charge in [-0.1, -0.05) is 54.6 Å². The standard InChI is InChI=1S/C19H15NOS/c21-19-12-18(22-17-8-4-3-7-16(17)20-19)15-10-9-13-5-1-2-6-14(13)11-15/h1-11,18H,12H2,(H,20,21)/t18-/m1/s1. The van der Waals surface area contributed by atoms with Crippen LogP contribution in [0.4, 0.5) is 5.69 Å². The van der Waals surface area contributed by atoms with Crippen LogP contribution in [-0.2, 0) is 4.79 Å². The first-order valence-corrected chi connectivity index (χ1v) is 8.22. The minimum Gasteiger partial charge on any atom is -0.325 e. The highest BCUT2D eigenvalue weighted by Gasteiger charge is 2.23. The van der Waals surface area contributed by atoms with Gasteiger partial charge in [-0.2, -0.15) is 0 Å². The number of fused-ring (bicyclic) bond motifs is 2. The number of benzene rings is 3. The second-order valence-electron chi connectivity index (χ2n) is 5.46. The normalized spacial score (nSPS) is 17.6. The first kappa shape index (κ1) is 13.4. The number of carbonyl (C=O) groups excluding carboxylic acids is 1. The SMILES string of the molecule is O=C1C[C@H](c2ccc3ccccc3c2)Sc2ccccc2N1. The Morgan fingerprint density at radius 1 is 0.909 bits per heavy atom. The summed E-state index contributed by atoms with van der Waals surface area (Å²) in [5.74, 6) is 0.0793. The number of anilines is 1. The minimum atomic E-state index is 0.0793. The van der Waals surface area contributed by atoms with Gasteiger partial charge in [0, 0.05) is 16.6 Å². The van der Waals surface area contributed by atoms with Gasteiger partial charge in [0.25, 0.3) is 0 Å². The molecule has 108 valence electrons. The van der Waals surface area contributed by atoms with Crippen molar-refractivity contribution in [3.05, 3.63) is 72.3 Å². The van der Waals surface area contributed by atoms with Gasteiger partial charge in [-0.3, -0.25) is 4.79 Å². The molecule has 1 amide bonds. The van der Waals surface area contributed by atoms with Gasteiger partial charge in [0.1, 0.15) is 0 Å². The lowest BCUT2D eigenvalue weighted by atomic mass is 10.0. The lowest BCUT2D eigenvalue weighted by Crippen LogP contribution is -2.11. The van der Waals surface area contributed by atoms with Crippen molar-refractivity contribution in [1.29, 1.82) is 0 Å². The Hall–Kier alpha value is -2.26. The van der Waals surface area contributed by atoms with Crippen LogP contribution < -0.4 is 5.32 Å². The Morgan fingerprint density at radius 2 is 1.68 bits per heavy atom. The number of para-hydroxylation sites is 1. The maximum absolute atomic E-state index is 12.2. The quantitative estimate of drug-likeness (QED) is 0.684. The molecule has 3 aromatic carbocycles. The van der Waals surface area contributed by atoms with Crippen molar-refractivity contribution >= 4 is 34.1 Å². The van der Waals surface area contributed by atoms with Crippen LogP contribution in [0.15, 0.2) is 71.6 Å². The number of hydrogen-bond donors (Lipinski definition) is 1. The number of rotatable bonds is 1. The lowest BCUT2D eigenvalue weighted by Gasteiger charge is -2.14. The first-order valence-electron chi connectivity index (χ1n) is 7.34. The molecule has 0 saturated heterocycles. The van der Waals surface area contributed by atoms with Crippen molar-refractivity contribution in [3.63, 3.8) is 0 Å². The van der Waals surface area contributed by atoms with Crippen LogP contribution in [0.5, 0.6) is 0 Å². The third-order valence-electron chi connectivity index (χ3n) is 3.95. The average molecular weight is 305 g/mol. The predicted molar refractivity (Wildman–Crippen MR) is 92.2 cm³/mol. The molecule has 2 nitrogen and oxygen atoms in total. The molecule has 1 heterocycles. The van der Waals surface area contributed by atoms with Crippen molar-refractivity contribution < 1.29 is 4.79 Å². The van der Waals surface area contributed by atoms with E-state index in [1.54, 1.807) is 11.8 Å². The summed E-state index contributed by atoms with van der Waals surface area (Å²) >= 11 is 1.76. The molecule has 0 bridgehead atoms. The molecule has 1 aliphatic heterocycles. The van der Waals surface area contributed by atoms with Crippen molar-refractivity contribution in [1.82, 2.24) is 0 Å². The smallest absolute Gasteiger partial charge is 0.225 e. The van der Waals surface area contributed by atoms with E-state index in [9.17, 15) is 4.79 Å². The van der Waals surface area contributed by atoms with Gasteiger partial charge in [-0.25, -0.2) is 0 Å². The molecular formula is C19H15NOS. The Kier molecular flexibility index (Phi) is 3.35. The molecule has 0 aromatic heterocycles. The Balaban J connectivity index is 1.75. The van der Waals surface area contributed by atoms with Crippen LogP contribution in [0.25, 0.3) is 10.8 Å². The van der Waals surface area contributed by atoms with Crippen LogP contribution >= 0.6 is 11.8 Å². The predicted octanol–water partition coefficient (Wildman–Crippen LogP) is 5.02. The van der Waals surface area contributed by atoms with E-state index in [1.165, 1.54) is 16.3 Å². The summed E-state index contributed by atoms with van der Waals surface area (Å²) in [5, 5.41) is 5.60. The summed E-state index contributed by atoms with van der Waals surface area (Å²) in [6.45, 7) is 0. The van der Waals surface area contributed by atoms with Crippen LogP contribution in [0.1, 0.15) is 17.2 Å². The number of thioether (sulfide) groups is 1. The van der Waals surface area contributed by atoms with Gasteiger partial charge in [0.15, 0.2) is 0 Å². The lowest BCUT2D eigenvalue weighted by molar-refractivity contribution is -0.116. The Bertz CT molecular complexity index is 859. The molecule has 1 atom stereocenters. The fourth-order valence-electron chi connectivity index (χ4n) is 2.83. The molecule has 0 saturated carbocycles. The number of amides is 1. The summed E-state index contributed by atoms with van der Waals surface area (Å²) in [7, 11) is 0. The Morgan fingerprint density at radius 3 is 2.59 bits per heavy atom. The molecule has 1 N–H and O–H groups in total. The minimum absolute atomic E-state index is 0.0793. The maximum atomic E-state index is 12.2. The molecular weight excluding hydrogens is 290 g/mol. The van der Waals surface area contributed by atoms with Crippen molar-refractivity contribution in [2.24, 2.45) is 0 Å². The molecule has 4 rings (SSSR count). The summed E-state index contributed by atoms with van der Waals surface area (Å²) < 4.78 is 0. The van der Waals surface area contributed by atoms with Gasteiger partial charge in [0.05, 0.1) is 5.69 Å². The zero-order chi connectivity index (χ0) is 14.9. The molecule has 3 aromatic rings. The summed E-state index contributed by atoms with van der Waals surface area (Å²) in [6, 6.07) is 22.8. The van der Waals surface area contributed by atoms with E-state index in [0.717, 1.165) is 10.6 Å². The molecule has 0 spiro atoms. The van der Waals surface area contributed by atoms with Gasteiger partial charge in [-0.15, -0.1) is 11.8 Å². The molecule has 3 heteroatoms. The highest BCUT2D eigenvalue weighted by molar-refractivity contribution is 7.99. The monoisotopic (exact) mass is 305 g/mol. The molecule has 0 radical (unpaired) electrons. The molecule has 22 heavy (non-hydrogen) atoms. The van der Waals surface area contributed by atoms with Crippen LogP contribution in [0, 0.1) is 0 Å². The molecule has 0 unspecified atom stereocenters. The topological polar surface area (TPSA) is 29.1 Å². The first-order chi connectivity index (χ1) is 10.8. The molecule has 0 aliphatic carbocycles. The molecule has 1 aliphatic rings. The second kappa shape index (κ2) is 5.50.